The van der Waals surface area contributed by atoms with Gasteiger partial charge in [0.25, 0.3) is 5.91 Å². The predicted octanol–water partition coefficient (Wildman–Crippen LogP) is 2.13. The van der Waals surface area contributed by atoms with Gasteiger partial charge in [-0.25, -0.2) is 15.0 Å². The van der Waals surface area contributed by atoms with E-state index >= 15 is 0 Å². The summed E-state index contributed by atoms with van der Waals surface area (Å²) in [7, 11) is 0. The first kappa shape index (κ1) is 22.3. The summed E-state index contributed by atoms with van der Waals surface area (Å²) in [6.45, 7) is 7.55. The maximum Gasteiger partial charge on any atom is 0.275 e. The summed E-state index contributed by atoms with van der Waals surface area (Å²) in [5, 5.41) is 21.6. The van der Waals surface area contributed by atoms with Crippen molar-refractivity contribution in [1.82, 2.24) is 34.6 Å². The minimum Gasteiger partial charge on any atom is -0.388 e. The summed E-state index contributed by atoms with van der Waals surface area (Å²) < 4.78 is 1.80. The molecule has 1 aliphatic heterocycles. The Kier molecular flexibility index (Phi) is 5.94. The lowest BCUT2D eigenvalue weighted by molar-refractivity contribution is -0.112. The largest absolute Gasteiger partial charge is 0.388 e. The van der Waals surface area contributed by atoms with Gasteiger partial charge in [0, 0.05) is 49.0 Å². The molecule has 2 aliphatic rings. The molecule has 1 aliphatic carbocycles. The number of hydrogen-bond donors (Lipinski definition) is 3. The quantitative estimate of drug-likeness (QED) is 0.243. The summed E-state index contributed by atoms with van der Waals surface area (Å²) >= 11 is 1.34. The van der Waals surface area contributed by atoms with Crippen molar-refractivity contribution in [1.29, 1.82) is 0 Å². The average Bonchev–Trinajstić information content (AvgIpc) is 3.19. The van der Waals surface area contributed by atoms with Crippen LogP contribution < -0.4 is 5.32 Å². The molecule has 0 atom stereocenters. The summed E-state index contributed by atoms with van der Waals surface area (Å²) in [4.78, 5) is 32.4. The summed E-state index contributed by atoms with van der Waals surface area (Å²) in [5.41, 5.74) is 1.14. The number of rotatable bonds is 9. The number of anilines is 1. The fourth-order valence-corrected chi connectivity index (χ4v) is 4.40. The van der Waals surface area contributed by atoms with Crippen molar-refractivity contribution in [3.63, 3.8) is 0 Å². The molecule has 1 saturated carbocycles. The first-order chi connectivity index (χ1) is 16.4. The number of allylic oxidation sites excluding steroid dienone is 2. The number of aliphatic hydroxyl groups is 1. The zero-order valence-electron chi connectivity index (χ0n) is 18.7. The number of nitrogens with one attached hydrogen (secondary N) is 2. The normalized spacial score (nSPS) is 18.2. The number of aromatic nitrogens is 6. The third kappa shape index (κ3) is 5.19. The van der Waals surface area contributed by atoms with Crippen LogP contribution in [0, 0.1) is 0 Å². The van der Waals surface area contributed by atoms with Crippen LogP contribution in [0.1, 0.15) is 31.4 Å². The number of H-pyrrole nitrogens is 1. The molecule has 12 heteroatoms. The number of aromatic amines is 1. The number of carbonyl (C=O) groups excluding carboxylic acids is 1. The van der Waals surface area contributed by atoms with Gasteiger partial charge >= 0.3 is 0 Å². The van der Waals surface area contributed by atoms with Crippen LogP contribution in [0.4, 0.5) is 5.82 Å². The molecular formula is C22H25N9O2S. The van der Waals surface area contributed by atoms with E-state index in [0.717, 1.165) is 18.5 Å². The second kappa shape index (κ2) is 9.05. The molecule has 0 unspecified atom stereocenters. The van der Waals surface area contributed by atoms with Gasteiger partial charge in [-0.1, -0.05) is 6.58 Å². The third-order valence-corrected chi connectivity index (χ3v) is 6.38. The van der Waals surface area contributed by atoms with E-state index in [1.807, 2.05) is 11.1 Å². The van der Waals surface area contributed by atoms with E-state index in [1.165, 1.54) is 17.7 Å². The molecule has 11 nitrogen and oxygen atoms in total. The summed E-state index contributed by atoms with van der Waals surface area (Å²) in [5.74, 6) is 1.04. The maximum atomic E-state index is 13.1. The first-order valence-corrected chi connectivity index (χ1v) is 11.8. The van der Waals surface area contributed by atoms with Crippen LogP contribution in [0.15, 0.2) is 47.6 Å². The van der Waals surface area contributed by atoms with Crippen molar-refractivity contribution in [3.8, 4) is 10.8 Å². The highest BCUT2D eigenvalue weighted by atomic mass is 32.1. The molecule has 1 amide bonds. The molecule has 0 radical (unpaired) electrons. The number of hydrogen-bond acceptors (Lipinski definition) is 9. The van der Waals surface area contributed by atoms with Gasteiger partial charge in [0.15, 0.2) is 10.8 Å². The number of aliphatic imine (C=N–C) groups is 1. The molecule has 3 aromatic heterocycles. The van der Waals surface area contributed by atoms with E-state index < -0.39 is 11.5 Å². The topological polar surface area (TPSA) is 137 Å². The molecule has 2 fully saturated rings. The second-order valence-electron chi connectivity index (χ2n) is 8.81. The monoisotopic (exact) mass is 479 g/mol. The minimum atomic E-state index is -0.662. The summed E-state index contributed by atoms with van der Waals surface area (Å²) in [6, 6.07) is 0. The number of carbonyl (C=O) groups is 1. The lowest BCUT2D eigenvalue weighted by Crippen LogP contribution is -2.60. The number of β-amino-alcohol motifs (C(OH)–C–C–N with tert-alkyl or cyclic N) is 1. The zero-order chi connectivity index (χ0) is 23.7. The van der Waals surface area contributed by atoms with E-state index in [4.69, 9.17) is 0 Å². The highest BCUT2D eigenvalue weighted by Gasteiger charge is 2.35. The molecule has 1 saturated heterocycles. The lowest BCUT2D eigenvalue weighted by atomic mass is 9.97. The average molecular weight is 480 g/mol. The molecule has 0 spiro atoms. The van der Waals surface area contributed by atoms with Gasteiger partial charge in [0.05, 0.1) is 17.6 Å². The molecule has 34 heavy (non-hydrogen) atoms. The fourth-order valence-electron chi connectivity index (χ4n) is 3.71. The fraction of sp³-hybridized carbons (Fsp3) is 0.364. The van der Waals surface area contributed by atoms with Crippen LogP contribution in [-0.4, -0.2) is 77.1 Å². The van der Waals surface area contributed by atoms with Gasteiger partial charge in [0.2, 0.25) is 0 Å². The van der Waals surface area contributed by atoms with Crippen LogP contribution in [-0.2, 0) is 4.79 Å². The minimum absolute atomic E-state index is 0.188. The number of nitrogens with zero attached hydrogens (tertiary/aromatic N) is 7. The van der Waals surface area contributed by atoms with Crippen LogP contribution in [0.25, 0.3) is 16.5 Å². The highest BCUT2D eigenvalue weighted by Crippen LogP contribution is 2.39. The highest BCUT2D eigenvalue weighted by molar-refractivity contribution is 7.13. The van der Waals surface area contributed by atoms with Crippen molar-refractivity contribution >= 4 is 35.0 Å². The van der Waals surface area contributed by atoms with Crippen molar-refractivity contribution < 1.29 is 9.90 Å². The first-order valence-electron chi connectivity index (χ1n) is 10.9. The molecular weight excluding hydrogens is 454 g/mol. The second-order valence-corrected chi connectivity index (χ2v) is 9.66. The number of amides is 1. The Morgan fingerprint density at radius 2 is 2.26 bits per heavy atom. The van der Waals surface area contributed by atoms with Crippen molar-refractivity contribution in [2.45, 2.75) is 31.3 Å². The SMILES string of the molecule is C=C(/C=C(\N=CCN1CC(C)(O)C1)C(=O)Nc1csc(-c2ncn[nH]2)n1)n1cnc(C2CC2)c1. The molecule has 3 aromatic rings. The van der Waals surface area contributed by atoms with Gasteiger partial charge in [-0.05, 0) is 25.8 Å². The van der Waals surface area contributed by atoms with Crippen LogP contribution >= 0.6 is 11.3 Å². The molecule has 4 heterocycles. The van der Waals surface area contributed by atoms with Gasteiger partial charge in [-0.3, -0.25) is 19.8 Å². The smallest absolute Gasteiger partial charge is 0.275 e. The van der Waals surface area contributed by atoms with Crippen LogP contribution in [0.3, 0.4) is 0 Å². The number of likely N-dealkylation sites (tertiary alicyclic amines) is 1. The molecule has 176 valence electrons. The lowest BCUT2D eigenvalue weighted by Gasteiger charge is -2.43. The number of imidazole rings is 1. The van der Waals surface area contributed by atoms with Gasteiger partial charge in [0.1, 0.15) is 17.8 Å². The van der Waals surface area contributed by atoms with Crippen LogP contribution in [0.5, 0.6) is 0 Å². The van der Waals surface area contributed by atoms with Crippen molar-refractivity contribution in [2.75, 3.05) is 25.0 Å². The predicted molar refractivity (Wildman–Crippen MR) is 129 cm³/mol. The van der Waals surface area contributed by atoms with Crippen molar-refractivity contribution in [3.05, 3.63) is 48.3 Å². The van der Waals surface area contributed by atoms with E-state index in [9.17, 15) is 9.90 Å². The van der Waals surface area contributed by atoms with E-state index in [0.29, 0.717) is 47.9 Å². The standard InChI is InChI=1S/C22H25N9O2S/c1-14(31-8-17(25-13-31)15-3-4-15)7-16(23-5-6-30-10-22(2,33)11-30)20(32)27-18-9-34-21(28-18)19-24-12-26-29-19/h5,7-9,12-13,15,33H,1,3-4,6,10-11H2,2H3,(H,27,32)(H,24,26,29)/b16-7-,23-5?. The Bertz CT molecular complexity index is 1240. The Hall–Kier alpha value is -3.48. The zero-order valence-corrected chi connectivity index (χ0v) is 19.5. The number of thiazole rings is 1. The van der Waals surface area contributed by atoms with Gasteiger partial charge in [-0.2, -0.15) is 5.10 Å². The Balaban J connectivity index is 1.31. The van der Waals surface area contributed by atoms with E-state index in [-0.39, 0.29) is 5.70 Å². The van der Waals surface area contributed by atoms with Gasteiger partial charge in [-0.15, -0.1) is 11.3 Å². The van der Waals surface area contributed by atoms with Crippen LogP contribution in [0.2, 0.25) is 0 Å². The van der Waals surface area contributed by atoms with E-state index in [2.05, 4.69) is 42.0 Å². The Labute approximate surface area is 200 Å². The Morgan fingerprint density at radius 3 is 2.97 bits per heavy atom. The molecule has 3 N–H and O–H groups in total. The molecule has 0 aromatic carbocycles. The molecule has 5 rings (SSSR count). The molecule has 0 bridgehead atoms. The van der Waals surface area contributed by atoms with Crippen molar-refractivity contribution in [2.24, 2.45) is 4.99 Å². The maximum absolute atomic E-state index is 13.1. The Morgan fingerprint density at radius 1 is 1.44 bits per heavy atom. The van der Waals surface area contributed by atoms with E-state index in [1.54, 1.807) is 35.5 Å². The van der Waals surface area contributed by atoms with Gasteiger partial charge < -0.3 is 15.0 Å². The third-order valence-electron chi connectivity index (χ3n) is 5.53. The summed E-state index contributed by atoms with van der Waals surface area (Å²) in [6.07, 6.45) is 10.7.